The van der Waals surface area contributed by atoms with Gasteiger partial charge >= 0.3 is 0 Å². The summed E-state index contributed by atoms with van der Waals surface area (Å²) < 4.78 is 5.26. The average molecular weight is 146 g/mol. The third-order valence-electron chi connectivity index (χ3n) is 1.90. The molecule has 0 bridgehead atoms. The van der Waals surface area contributed by atoms with Crippen molar-refractivity contribution in [3.63, 3.8) is 0 Å². The number of ether oxygens (including phenoxy) is 1. The van der Waals surface area contributed by atoms with Gasteiger partial charge in [-0.25, -0.2) is 0 Å². The van der Waals surface area contributed by atoms with Crippen LogP contribution in [0.5, 0.6) is 0 Å². The van der Waals surface area contributed by atoms with Crippen LogP contribution in [0.25, 0.3) is 0 Å². The Morgan fingerprint density at radius 1 is 1.30 bits per heavy atom. The maximum absolute atomic E-state index is 9.19. The van der Waals surface area contributed by atoms with Crippen LogP contribution in [0.1, 0.15) is 20.3 Å². The van der Waals surface area contributed by atoms with Crippen molar-refractivity contribution in [2.24, 2.45) is 0 Å². The second-order valence-electron chi connectivity index (χ2n) is 2.95. The number of hydrogen-bond donors (Lipinski definition) is 2. The first-order valence-corrected chi connectivity index (χ1v) is 3.63. The van der Waals surface area contributed by atoms with Crippen molar-refractivity contribution in [1.82, 2.24) is 0 Å². The second kappa shape index (κ2) is 2.86. The lowest BCUT2D eigenvalue weighted by molar-refractivity contribution is -0.156. The molecule has 0 amide bonds. The average Bonchev–Trinajstić information content (AvgIpc) is 1.82. The Morgan fingerprint density at radius 2 is 1.90 bits per heavy atom. The van der Waals surface area contributed by atoms with Gasteiger partial charge in [-0.1, -0.05) is 0 Å². The summed E-state index contributed by atoms with van der Waals surface area (Å²) in [6, 6.07) is 0. The first-order valence-electron chi connectivity index (χ1n) is 3.63. The lowest BCUT2D eigenvalue weighted by atomic mass is 10.00. The minimum Gasteiger partial charge on any atom is -0.390 e. The normalized spacial score (nSPS) is 49.2. The van der Waals surface area contributed by atoms with Gasteiger partial charge in [0.15, 0.2) is 0 Å². The molecule has 0 radical (unpaired) electrons. The summed E-state index contributed by atoms with van der Waals surface area (Å²) >= 11 is 0. The monoisotopic (exact) mass is 146 g/mol. The van der Waals surface area contributed by atoms with Crippen LogP contribution in [0.4, 0.5) is 0 Å². The SMILES string of the molecule is CC1C[C@@H](O)[C@@H](O)C(C)O1. The predicted molar refractivity (Wildman–Crippen MR) is 36.6 cm³/mol. The van der Waals surface area contributed by atoms with Gasteiger partial charge < -0.3 is 14.9 Å². The van der Waals surface area contributed by atoms with Crippen LogP contribution in [-0.4, -0.2) is 34.6 Å². The minimum atomic E-state index is -0.712. The van der Waals surface area contributed by atoms with Crippen molar-refractivity contribution < 1.29 is 14.9 Å². The van der Waals surface area contributed by atoms with Crippen LogP contribution < -0.4 is 0 Å². The highest BCUT2D eigenvalue weighted by Crippen LogP contribution is 2.19. The number of aliphatic hydroxyl groups excluding tert-OH is 2. The fourth-order valence-corrected chi connectivity index (χ4v) is 1.29. The highest BCUT2D eigenvalue weighted by Gasteiger charge is 2.31. The number of hydrogen-bond acceptors (Lipinski definition) is 3. The summed E-state index contributed by atoms with van der Waals surface area (Å²) in [5.74, 6) is 0. The van der Waals surface area contributed by atoms with Crippen molar-refractivity contribution in [2.75, 3.05) is 0 Å². The van der Waals surface area contributed by atoms with Gasteiger partial charge in [0, 0.05) is 6.42 Å². The molecule has 4 atom stereocenters. The standard InChI is InChI=1S/C7H14O3/c1-4-3-6(8)7(9)5(2)10-4/h4-9H,3H2,1-2H3/t4?,5?,6-,7+/m1/s1. The van der Waals surface area contributed by atoms with Crippen LogP contribution in [-0.2, 0) is 4.74 Å². The Kier molecular flexibility index (Phi) is 2.28. The fraction of sp³-hybridized carbons (Fsp3) is 1.00. The molecule has 1 aliphatic rings. The van der Waals surface area contributed by atoms with E-state index in [9.17, 15) is 10.2 Å². The Balaban J connectivity index is 2.49. The van der Waals surface area contributed by atoms with Gasteiger partial charge in [0.25, 0.3) is 0 Å². The zero-order valence-corrected chi connectivity index (χ0v) is 6.32. The second-order valence-corrected chi connectivity index (χ2v) is 2.95. The maximum Gasteiger partial charge on any atom is 0.106 e. The first-order chi connectivity index (χ1) is 4.61. The van der Waals surface area contributed by atoms with Gasteiger partial charge in [-0.05, 0) is 13.8 Å². The molecule has 2 unspecified atom stereocenters. The molecule has 0 aromatic rings. The third-order valence-corrected chi connectivity index (χ3v) is 1.90. The number of aliphatic hydroxyl groups is 2. The molecule has 1 heterocycles. The van der Waals surface area contributed by atoms with Crippen molar-refractivity contribution in [2.45, 2.75) is 44.7 Å². The van der Waals surface area contributed by atoms with Gasteiger partial charge in [0.05, 0.1) is 18.3 Å². The van der Waals surface area contributed by atoms with Crippen LogP contribution in [0, 0.1) is 0 Å². The van der Waals surface area contributed by atoms with Crippen molar-refractivity contribution in [3.8, 4) is 0 Å². The van der Waals surface area contributed by atoms with E-state index >= 15 is 0 Å². The third kappa shape index (κ3) is 1.48. The Hall–Kier alpha value is -0.120. The Morgan fingerprint density at radius 3 is 2.40 bits per heavy atom. The zero-order chi connectivity index (χ0) is 7.72. The fourth-order valence-electron chi connectivity index (χ4n) is 1.29. The van der Waals surface area contributed by atoms with E-state index in [1.165, 1.54) is 0 Å². The van der Waals surface area contributed by atoms with Crippen LogP contribution in [0.15, 0.2) is 0 Å². The van der Waals surface area contributed by atoms with E-state index in [2.05, 4.69) is 0 Å². The van der Waals surface area contributed by atoms with Crippen LogP contribution in [0.3, 0.4) is 0 Å². The van der Waals surface area contributed by atoms with Crippen LogP contribution in [0.2, 0.25) is 0 Å². The largest absolute Gasteiger partial charge is 0.390 e. The van der Waals surface area contributed by atoms with E-state index in [0.29, 0.717) is 6.42 Å². The molecular formula is C7H14O3. The smallest absolute Gasteiger partial charge is 0.106 e. The molecule has 0 spiro atoms. The lowest BCUT2D eigenvalue weighted by Gasteiger charge is -2.33. The van der Waals surface area contributed by atoms with E-state index in [1.54, 1.807) is 6.92 Å². The van der Waals surface area contributed by atoms with E-state index < -0.39 is 12.2 Å². The molecule has 3 heteroatoms. The molecule has 1 rings (SSSR count). The predicted octanol–water partition coefficient (Wildman–Crippen LogP) is -0.0945. The van der Waals surface area contributed by atoms with E-state index in [1.807, 2.05) is 6.92 Å². The molecule has 1 saturated heterocycles. The summed E-state index contributed by atoms with van der Waals surface area (Å²) in [5, 5.41) is 18.4. The van der Waals surface area contributed by atoms with E-state index in [0.717, 1.165) is 0 Å². The van der Waals surface area contributed by atoms with Gasteiger partial charge in [0.2, 0.25) is 0 Å². The molecule has 60 valence electrons. The van der Waals surface area contributed by atoms with Gasteiger partial charge in [-0.3, -0.25) is 0 Å². The topological polar surface area (TPSA) is 49.7 Å². The van der Waals surface area contributed by atoms with Crippen molar-refractivity contribution in [1.29, 1.82) is 0 Å². The van der Waals surface area contributed by atoms with Gasteiger partial charge in [-0.2, -0.15) is 0 Å². The highest BCUT2D eigenvalue weighted by molar-refractivity contribution is 4.80. The maximum atomic E-state index is 9.19. The summed E-state index contributed by atoms with van der Waals surface area (Å²) in [6.07, 6.45) is -0.965. The molecular weight excluding hydrogens is 132 g/mol. The highest BCUT2D eigenvalue weighted by atomic mass is 16.5. The van der Waals surface area contributed by atoms with Crippen molar-refractivity contribution in [3.05, 3.63) is 0 Å². The summed E-state index contributed by atoms with van der Waals surface area (Å²) in [5.41, 5.74) is 0. The molecule has 1 aliphatic heterocycles. The van der Waals surface area contributed by atoms with Gasteiger partial charge in [0.1, 0.15) is 6.10 Å². The Bertz CT molecular complexity index is 103. The summed E-state index contributed by atoms with van der Waals surface area (Å²) in [4.78, 5) is 0. The molecule has 0 aromatic heterocycles. The Labute approximate surface area is 60.6 Å². The van der Waals surface area contributed by atoms with E-state index in [4.69, 9.17) is 4.74 Å². The quantitative estimate of drug-likeness (QED) is 0.502. The number of rotatable bonds is 0. The van der Waals surface area contributed by atoms with Crippen molar-refractivity contribution >= 4 is 0 Å². The lowest BCUT2D eigenvalue weighted by Crippen LogP contribution is -2.45. The van der Waals surface area contributed by atoms with Gasteiger partial charge in [-0.15, -0.1) is 0 Å². The minimum absolute atomic E-state index is 0.0633. The molecule has 3 nitrogen and oxygen atoms in total. The molecule has 2 N–H and O–H groups in total. The van der Waals surface area contributed by atoms with E-state index in [-0.39, 0.29) is 12.2 Å². The zero-order valence-electron chi connectivity index (χ0n) is 6.32. The molecule has 10 heavy (non-hydrogen) atoms. The molecule has 1 fully saturated rings. The summed E-state index contributed by atoms with van der Waals surface area (Å²) in [6.45, 7) is 3.66. The molecule has 0 aliphatic carbocycles. The first kappa shape index (κ1) is 7.98. The van der Waals surface area contributed by atoms with Crippen LogP contribution >= 0.6 is 0 Å². The molecule has 0 saturated carbocycles. The summed E-state index contributed by atoms with van der Waals surface area (Å²) in [7, 11) is 0. The molecule has 0 aromatic carbocycles.